The molecule has 8 heteroatoms. The average molecular weight is 378 g/mol. The number of carbonyl (C=O) groups is 3. The van der Waals surface area contributed by atoms with E-state index >= 15 is 0 Å². The third-order valence-corrected chi connectivity index (χ3v) is 4.29. The minimum Gasteiger partial charge on any atom is -0.454 e. The van der Waals surface area contributed by atoms with Crippen LogP contribution < -0.4 is 10.6 Å². The van der Waals surface area contributed by atoms with Gasteiger partial charge in [-0.1, -0.05) is 19.9 Å². The van der Waals surface area contributed by atoms with Gasteiger partial charge >= 0.3 is 5.97 Å². The number of ether oxygens (including phenoxy) is 1. The molecule has 1 aromatic heterocycles. The smallest absolute Gasteiger partial charge is 0.329 e. The van der Waals surface area contributed by atoms with E-state index in [9.17, 15) is 18.8 Å². The second-order valence-electron chi connectivity index (χ2n) is 5.84. The summed E-state index contributed by atoms with van der Waals surface area (Å²) in [6, 6.07) is 7.72. The first-order valence-corrected chi connectivity index (χ1v) is 8.81. The molecule has 0 saturated carbocycles. The third-order valence-electron chi connectivity index (χ3n) is 3.43. The molecule has 2 rings (SSSR count). The number of rotatable bonds is 7. The molecule has 1 heterocycles. The zero-order valence-corrected chi connectivity index (χ0v) is 15.1. The summed E-state index contributed by atoms with van der Waals surface area (Å²) in [4.78, 5) is 36.7. The fourth-order valence-corrected chi connectivity index (χ4v) is 2.70. The Morgan fingerprint density at radius 3 is 2.42 bits per heavy atom. The molecule has 0 radical (unpaired) electrons. The molecule has 0 unspecified atom stereocenters. The molecule has 0 aliphatic heterocycles. The standard InChI is InChI=1S/C18H19FN2O4S/c1-11(2)16(21-17(23)14-4-3-9-26-14)18(24)25-10-15(22)20-13-7-5-12(19)6-8-13/h3-9,11,16H,10H2,1-2H3,(H,20,22)(H,21,23)/t16-/m1/s1. The molecule has 2 aromatic rings. The van der Waals surface area contributed by atoms with Crippen molar-refractivity contribution in [2.24, 2.45) is 5.92 Å². The van der Waals surface area contributed by atoms with Crippen LogP contribution in [0, 0.1) is 11.7 Å². The number of nitrogens with one attached hydrogen (secondary N) is 2. The van der Waals surface area contributed by atoms with E-state index in [1.54, 1.807) is 31.4 Å². The van der Waals surface area contributed by atoms with Crippen LogP contribution in [0.25, 0.3) is 0 Å². The molecule has 2 amide bonds. The predicted molar refractivity (Wildman–Crippen MR) is 96.4 cm³/mol. The van der Waals surface area contributed by atoms with Crippen molar-refractivity contribution in [3.05, 3.63) is 52.5 Å². The third kappa shape index (κ3) is 5.66. The molecule has 0 bridgehead atoms. The number of hydrogen-bond acceptors (Lipinski definition) is 5. The maximum atomic E-state index is 12.8. The van der Waals surface area contributed by atoms with Crippen LogP contribution in [0.5, 0.6) is 0 Å². The van der Waals surface area contributed by atoms with Crippen molar-refractivity contribution in [3.8, 4) is 0 Å². The molecule has 0 aliphatic carbocycles. The van der Waals surface area contributed by atoms with Crippen molar-refractivity contribution in [2.45, 2.75) is 19.9 Å². The van der Waals surface area contributed by atoms with Gasteiger partial charge in [0.25, 0.3) is 11.8 Å². The number of benzene rings is 1. The zero-order valence-electron chi connectivity index (χ0n) is 14.3. The summed E-state index contributed by atoms with van der Waals surface area (Å²) >= 11 is 1.26. The van der Waals surface area contributed by atoms with Crippen LogP contribution in [0.1, 0.15) is 23.5 Å². The van der Waals surface area contributed by atoms with E-state index < -0.39 is 30.3 Å². The van der Waals surface area contributed by atoms with E-state index in [0.717, 1.165) is 0 Å². The fourth-order valence-electron chi connectivity index (χ4n) is 2.07. The minimum atomic E-state index is -0.872. The summed E-state index contributed by atoms with van der Waals surface area (Å²) in [6.45, 7) is 3.02. The van der Waals surface area contributed by atoms with Crippen LogP contribution in [0.3, 0.4) is 0 Å². The summed E-state index contributed by atoms with van der Waals surface area (Å²) in [5.41, 5.74) is 0.388. The molecule has 0 aliphatic rings. The number of anilines is 1. The fraction of sp³-hybridized carbons (Fsp3) is 0.278. The highest BCUT2D eigenvalue weighted by Gasteiger charge is 2.27. The van der Waals surface area contributed by atoms with Crippen molar-refractivity contribution >= 4 is 34.8 Å². The van der Waals surface area contributed by atoms with Crippen molar-refractivity contribution in [1.29, 1.82) is 0 Å². The van der Waals surface area contributed by atoms with Gasteiger partial charge in [-0.2, -0.15) is 0 Å². The Morgan fingerprint density at radius 2 is 1.85 bits per heavy atom. The van der Waals surface area contributed by atoms with Crippen LogP contribution >= 0.6 is 11.3 Å². The lowest BCUT2D eigenvalue weighted by Crippen LogP contribution is -2.45. The monoisotopic (exact) mass is 378 g/mol. The van der Waals surface area contributed by atoms with Crippen LogP contribution in [0.4, 0.5) is 10.1 Å². The van der Waals surface area contributed by atoms with E-state index in [-0.39, 0.29) is 11.8 Å². The van der Waals surface area contributed by atoms with Crippen molar-refractivity contribution in [2.75, 3.05) is 11.9 Å². The van der Waals surface area contributed by atoms with Gasteiger partial charge in [-0.15, -0.1) is 11.3 Å². The molecule has 6 nitrogen and oxygen atoms in total. The van der Waals surface area contributed by atoms with Crippen LogP contribution in [-0.2, 0) is 14.3 Å². The number of hydrogen-bond donors (Lipinski definition) is 2. The first-order chi connectivity index (χ1) is 12.4. The van der Waals surface area contributed by atoms with E-state index in [2.05, 4.69) is 10.6 Å². The molecule has 26 heavy (non-hydrogen) atoms. The number of amides is 2. The summed E-state index contributed by atoms with van der Waals surface area (Å²) < 4.78 is 17.8. The average Bonchev–Trinajstić information content (AvgIpc) is 3.14. The predicted octanol–water partition coefficient (Wildman–Crippen LogP) is 2.82. The van der Waals surface area contributed by atoms with Gasteiger partial charge in [0, 0.05) is 5.69 Å². The topological polar surface area (TPSA) is 84.5 Å². The molecule has 138 valence electrons. The van der Waals surface area contributed by atoms with Gasteiger partial charge in [-0.05, 0) is 41.6 Å². The van der Waals surface area contributed by atoms with Gasteiger partial charge in [0.15, 0.2) is 6.61 Å². The van der Waals surface area contributed by atoms with E-state index in [0.29, 0.717) is 10.6 Å². The summed E-state index contributed by atoms with van der Waals surface area (Å²) in [7, 11) is 0. The molecular formula is C18H19FN2O4S. The largest absolute Gasteiger partial charge is 0.454 e. The lowest BCUT2D eigenvalue weighted by Gasteiger charge is -2.20. The maximum Gasteiger partial charge on any atom is 0.329 e. The Hall–Kier alpha value is -2.74. The highest BCUT2D eigenvalue weighted by atomic mass is 32.1. The quantitative estimate of drug-likeness (QED) is 0.726. The second-order valence-corrected chi connectivity index (χ2v) is 6.78. The van der Waals surface area contributed by atoms with Crippen LogP contribution in [0.15, 0.2) is 41.8 Å². The summed E-state index contributed by atoms with van der Waals surface area (Å²) in [6.07, 6.45) is 0. The van der Waals surface area contributed by atoms with E-state index in [4.69, 9.17) is 4.74 Å². The van der Waals surface area contributed by atoms with Crippen molar-refractivity contribution < 1.29 is 23.5 Å². The van der Waals surface area contributed by atoms with Crippen LogP contribution in [-0.4, -0.2) is 30.4 Å². The van der Waals surface area contributed by atoms with Gasteiger partial charge in [0.2, 0.25) is 0 Å². The maximum absolute atomic E-state index is 12.8. The molecule has 0 saturated heterocycles. The highest BCUT2D eigenvalue weighted by Crippen LogP contribution is 2.11. The Labute approximate surface area is 154 Å². The molecule has 1 aromatic carbocycles. The van der Waals surface area contributed by atoms with Gasteiger partial charge in [0.1, 0.15) is 11.9 Å². The Morgan fingerprint density at radius 1 is 1.15 bits per heavy atom. The number of thiophene rings is 1. The van der Waals surface area contributed by atoms with Gasteiger partial charge in [-0.25, -0.2) is 9.18 Å². The number of esters is 1. The SMILES string of the molecule is CC(C)[C@@H](NC(=O)c1cccs1)C(=O)OCC(=O)Nc1ccc(F)cc1. The van der Waals surface area contributed by atoms with E-state index in [1.165, 1.54) is 35.6 Å². The highest BCUT2D eigenvalue weighted by molar-refractivity contribution is 7.12. The molecule has 0 spiro atoms. The minimum absolute atomic E-state index is 0.216. The Kier molecular flexibility index (Phi) is 6.85. The normalized spacial score (nSPS) is 11.7. The summed E-state index contributed by atoms with van der Waals surface area (Å²) in [5.74, 6) is -2.26. The lowest BCUT2D eigenvalue weighted by atomic mass is 10.0. The van der Waals surface area contributed by atoms with Gasteiger partial charge in [0.05, 0.1) is 4.88 Å². The Bertz CT molecular complexity index is 760. The molecule has 0 fully saturated rings. The molecule has 1 atom stereocenters. The zero-order chi connectivity index (χ0) is 19.1. The first kappa shape index (κ1) is 19.6. The first-order valence-electron chi connectivity index (χ1n) is 7.93. The Balaban J connectivity index is 1.87. The molecule has 2 N–H and O–H groups in total. The van der Waals surface area contributed by atoms with Crippen LogP contribution in [0.2, 0.25) is 0 Å². The summed E-state index contributed by atoms with van der Waals surface area (Å²) in [5, 5.41) is 6.87. The van der Waals surface area contributed by atoms with Crippen molar-refractivity contribution in [1.82, 2.24) is 5.32 Å². The molecular weight excluding hydrogens is 359 g/mol. The lowest BCUT2D eigenvalue weighted by molar-refractivity contribution is -0.150. The second kappa shape index (κ2) is 9.10. The van der Waals surface area contributed by atoms with Crippen molar-refractivity contribution in [3.63, 3.8) is 0 Å². The number of carbonyl (C=O) groups excluding carboxylic acids is 3. The van der Waals surface area contributed by atoms with E-state index in [1.807, 2.05) is 0 Å². The van der Waals surface area contributed by atoms with Gasteiger partial charge in [-0.3, -0.25) is 9.59 Å². The van der Waals surface area contributed by atoms with Gasteiger partial charge < -0.3 is 15.4 Å². The number of halogens is 1.